The molecule has 3 nitrogen and oxygen atoms in total. The van der Waals surface area contributed by atoms with Crippen LogP contribution in [0.4, 0.5) is 0 Å². The molecule has 1 atom stereocenters. The van der Waals surface area contributed by atoms with Crippen LogP contribution >= 0.6 is 11.6 Å². The van der Waals surface area contributed by atoms with E-state index < -0.39 is 0 Å². The van der Waals surface area contributed by atoms with Gasteiger partial charge in [0.05, 0.1) is 7.11 Å². The molecule has 1 radical (unpaired) electrons. The average Bonchev–Trinajstić information content (AvgIpc) is 2.78. The first-order chi connectivity index (χ1) is 8.67. The molecule has 0 aromatic heterocycles. The molecule has 0 saturated heterocycles. The van der Waals surface area contributed by atoms with E-state index in [1.54, 1.807) is 0 Å². The van der Waals surface area contributed by atoms with Crippen LogP contribution in [0.2, 0.25) is 5.02 Å². The van der Waals surface area contributed by atoms with Crippen LogP contribution < -0.4 is 0 Å². The van der Waals surface area contributed by atoms with Gasteiger partial charge in [-0.1, -0.05) is 23.7 Å². The number of hydrogen-bond donors (Lipinski definition) is 0. The molecule has 1 aliphatic rings. The molecular weight excluding hydrogens is 275 g/mol. The van der Waals surface area contributed by atoms with Gasteiger partial charge in [-0.25, -0.2) is 0 Å². The van der Waals surface area contributed by atoms with Gasteiger partial charge < -0.3 is 4.74 Å². The SMILES string of the molecule is COC=O.O=C1CCCC1Cc1ccc(Cl)cc1.[Na]. The summed E-state index contributed by atoms with van der Waals surface area (Å²) in [7, 11) is 1.31. The molecule has 1 unspecified atom stereocenters. The Morgan fingerprint density at radius 2 is 1.95 bits per heavy atom. The van der Waals surface area contributed by atoms with Crippen molar-refractivity contribution in [1.82, 2.24) is 0 Å². The zero-order valence-corrected chi connectivity index (χ0v) is 14.2. The minimum atomic E-state index is 0. The van der Waals surface area contributed by atoms with Crippen molar-refractivity contribution in [2.75, 3.05) is 7.11 Å². The maximum absolute atomic E-state index is 11.4. The third-order valence-electron chi connectivity index (χ3n) is 2.92. The van der Waals surface area contributed by atoms with Crippen LogP contribution in [0.5, 0.6) is 0 Å². The summed E-state index contributed by atoms with van der Waals surface area (Å²) in [5.41, 5.74) is 1.22. The zero-order chi connectivity index (χ0) is 13.4. The molecule has 1 fully saturated rings. The predicted octanol–water partition coefficient (Wildman–Crippen LogP) is 2.66. The van der Waals surface area contributed by atoms with Gasteiger partial charge in [0.25, 0.3) is 6.47 Å². The number of ether oxygens (including phenoxy) is 1. The van der Waals surface area contributed by atoms with E-state index in [-0.39, 0.29) is 35.5 Å². The number of rotatable bonds is 3. The van der Waals surface area contributed by atoms with E-state index in [1.165, 1.54) is 12.7 Å². The molecule has 0 amide bonds. The van der Waals surface area contributed by atoms with Crippen molar-refractivity contribution in [3.8, 4) is 0 Å². The molecular formula is C14H17ClNaO3. The molecule has 0 N–H and O–H groups in total. The van der Waals surface area contributed by atoms with Crippen molar-refractivity contribution in [2.45, 2.75) is 25.7 Å². The van der Waals surface area contributed by atoms with E-state index in [2.05, 4.69) is 4.74 Å². The van der Waals surface area contributed by atoms with Crippen LogP contribution in [0.1, 0.15) is 24.8 Å². The molecule has 1 aromatic carbocycles. The van der Waals surface area contributed by atoms with Crippen molar-refractivity contribution >= 4 is 53.4 Å². The maximum Gasteiger partial charge on any atom is 0.292 e. The van der Waals surface area contributed by atoms with Gasteiger partial charge in [-0.2, -0.15) is 0 Å². The Bertz CT molecular complexity index is 392. The Labute approximate surface area is 141 Å². The van der Waals surface area contributed by atoms with E-state index in [1.807, 2.05) is 24.3 Å². The first-order valence-corrected chi connectivity index (χ1v) is 6.28. The van der Waals surface area contributed by atoms with Crippen LogP contribution in [0, 0.1) is 5.92 Å². The zero-order valence-electron chi connectivity index (χ0n) is 11.4. The van der Waals surface area contributed by atoms with Gasteiger partial charge in [0.1, 0.15) is 5.78 Å². The fourth-order valence-electron chi connectivity index (χ4n) is 2.01. The van der Waals surface area contributed by atoms with Gasteiger partial charge in [0.2, 0.25) is 0 Å². The first-order valence-electron chi connectivity index (χ1n) is 5.91. The van der Waals surface area contributed by atoms with E-state index >= 15 is 0 Å². The Balaban J connectivity index is 0.000000576. The Morgan fingerprint density at radius 3 is 2.37 bits per heavy atom. The first kappa shape index (κ1) is 18.7. The number of carbonyl (C=O) groups is 2. The van der Waals surface area contributed by atoms with Gasteiger partial charge in [-0.15, -0.1) is 0 Å². The molecule has 0 bridgehead atoms. The number of halogens is 1. The Morgan fingerprint density at radius 1 is 1.37 bits per heavy atom. The fraction of sp³-hybridized carbons (Fsp3) is 0.429. The van der Waals surface area contributed by atoms with Gasteiger partial charge in [-0.3, -0.25) is 9.59 Å². The fourth-order valence-corrected chi connectivity index (χ4v) is 2.13. The topological polar surface area (TPSA) is 43.4 Å². The molecule has 0 aliphatic heterocycles. The largest absolute Gasteiger partial charge is 0.471 e. The van der Waals surface area contributed by atoms with Crippen LogP contribution in [-0.4, -0.2) is 48.9 Å². The number of ketones is 1. The van der Waals surface area contributed by atoms with E-state index in [0.29, 0.717) is 12.3 Å². The average molecular weight is 292 g/mol. The molecule has 0 spiro atoms. The van der Waals surface area contributed by atoms with Crippen LogP contribution in [-0.2, 0) is 20.7 Å². The number of Topliss-reactive ketones (excluding diaryl/α,β-unsaturated/α-hetero) is 1. The smallest absolute Gasteiger partial charge is 0.292 e. The minimum Gasteiger partial charge on any atom is -0.471 e. The Kier molecular flexibility index (Phi) is 10.2. The Hall–Kier alpha value is -0.350. The van der Waals surface area contributed by atoms with Crippen LogP contribution in [0.3, 0.4) is 0 Å². The molecule has 2 rings (SSSR count). The van der Waals surface area contributed by atoms with Crippen molar-refractivity contribution in [3.63, 3.8) is 0 Å². The van der Waals surface area contributed by atoms with E-state index in [0.717, 1.165) is 30.7 Å². The second kappa shape index (κ2) is 10.4. The monoisotopic (exact) mass is 291 g/mol. The molecule has 19 heavy (non-hydrogen) atoms. The standard InChI is InChI=1S/C12H13ClO.C2H4O2.Na/c13-11-6-4-9(5-7-11)8-10-2-1-3-12(10)14;1-4-2-3;/h4-7,10H,1-3,8H2;2H,1H3;. The van der Waals surface area contributed by atoms with Crippen LogP contribution in [0.25, 0.3) is 0 Å². The molecule has 99 valence electrons. The van der Waals surface area contributed by atoms with Gasteiger partial charge in [-0.05, 0) is 37.0 Å². The van der Waals surface area contributed by atoms with Gasteiger partial charge >= 0.3 is 0 Å². The van der Waals surface area contributed by atoms with E-state index in [9.17, 15) is 4.79 Å². The molecule has 0 heterocycles. The van der Waals surface area contributed by atoms with Gasteiger partial charge in [0.15, 0.2) is 0 Å². The molecule has 1 aromatic rings. The summed E-state index contributed by atoms with van der Waals surface area (Å²) in [6.07, 6.45) is 3.78. The number of hydrogen-bond acceptors (Lipinski definition) is 3. The molecule has 5 heteroatoms. The second-order valence-electron chi connectivity index (χ2n) is 4.22. The quantitative estimate of drug-likeness (QED) is 0.635. The third kappa shape index (κ3) is 7.11. The summed E-state index contributed by atoms with van der Waals surface area (Å²) in [5, 5.41) is 0.756. The predicted molar refractivity (Wildman–Crippen MR) is 76.3 cm³/mol. The van der Waals surface area contributed by atoms with Crippen LogP contribution in [0.15, 0.2) is 24.3 Å². The second-order valence-corrected chi connectivity index (χ2v) is 4.65. The summed E-state index contributed by atoms with van der Waals surface area (Å²) in [4.78, 5) is 20.4. The molecule has 1 aliphatic carbocycles. The van der Waals surface area contributed by atoms with Crippen molar-refractivity contribution in [3.05, 3.63) is 34.9 Å². The van der Waals surface area contributed by atoms with Crippen molar-refractivity contribution in [2.24, 2.45) is 5.92 Å². The summed E-state index contributed by atoms with van der Waals surface area (Å²) in [5.74, 6) is 0.691. The number of methoxy groups -OCH3 is 1. The third-order valence-corrected chi connectivity index (χ3v) is 3.17. The molecule has 1 saturated carbocycles. The number of benzene rings is 1. The van der Waals surface area contributed by atoms with E-state index in [4.69, 9.17) is 16.4 Å². The summed E-state index contributed by atoms with van der Waals surface area (Å²) in [6.45, 7) is 0.375. The normalized spacial score (nSPS) is 16.9. The maximum atomic E-state index is 11.4. The minimum absolute atomic E-state index is 0. The van der Waals surface area contributed by atoms with Crippen molar-refractivity contribution in [1.29, 1.82) is 0 Å². The summed E-state index contributed by atoms with van der Waals surface area (Å²) < 4.78 is 3.86. The summed E-state index contributed by atoms with van der Waals surface area (Å²) in [6, 6.07) is 7.79. The number of carbonyl (C=O) groups excluding carboxylic acids is 2. The summed E-state index contributed by atoms with van der Waals surface area (Å²) >= 11 is 5.79. The van der Waals surface area contributed by atoms with Gasteiger partial charge in [0, 0.05) is 46.9 Å². The van der Waals surface area contributed by atoms with Crippen molar-refractivity contribution < 1.29 is 14.3 Å².